The molecule has 114 valence electrons. The van der Waals surface area contributed by atoms with Crippen LogP contribution in [0, 0.1) is 0 Å². The van der Waals surface area contributed by atoms with Crippen LogP contribution < -0.4 is 5.32 Å². The van der Waals surface area contributed by atoms with Crippen molar-refractivity contribution in [2.45, 2.75) is 37.4 Å². The molecule has 21 heavy (non-hydrogen) atoms. The number of aromatic carboxylic acids is 1. The number of nitrogens with one attached hydrogen (secondary N) is 1. The molecule has 1 unspecified atom stereocenters. The molecule has 4 nitrogen and oxygen atoms in total. The SMILES string of the molecule is O=C(CCCCC1CCSS1)Nc1ccc(C(=O)O)cc1. The predicted octanol–water partition coefficient (Wildman–Crippen LogP) is 4.04. The van der Waals surface area contributed by atoms with Gasteiger partial charge in [0, 0.05) is 23.1 Å². The van der Waals surface area contributed by atoms with Crippen molar-refractivity contribution in [3.8, 4) is 0 Å². The van der Waals surface area contributed by atoms with Crippen molar-refractivity contribution in [2.24, 2.45) is 0 Å². The van der Waals surface area contributed by atoms with E-state index in [0.29, 0.717) is 12.1 Å². The molecule has 2 rings (SSSR count). The zero-order valence-electron chi connectivity index (χ0n) is 11.7. The molecule has 0 bridgehead atoms. The largest absolute Gasteiger partial charge is 0.478 e. The van der Waals surface area contributed by atoms with Gasteiger partial charge in [-0.2, -0.15) is 0 Å². The fourth-order valence-electron chi connectivity index (χ4n) is 2.14. The molecule has 0 radical (unpaired) electrons. The number of carbonyl (C=O) groups excluding carboxylic acids is 1. The topological polar surface area (TPSA) is 66.4 Å². The molecule has 0 saturated carbocycles. The molecule has 1 aromatic carbocycles. The van der Waals surface area contributed by atoms with Crippen LogP contribution in [0.3, 0.4) is 0 Å². The normalized spacial score (nSPS) is 17.6. The molecule has 6 heteroatoms. The van der Waals surface area contributed by atoms with Crippen LogP contribution in [0.5, 0.6) is 0 Å². The Morgan fingerprint density at radius 3 is 2.62 bits per heavy atom. The average Bonchev–Trinajstić information content (AvgIpc) is 2.97. The van der Waals surface area contributed by atoms with Crippen molar-refractivity contribution in [3.63, 3.8) is 0 Å². The summed E-state index contributed by atoms with van der Waals surface area (Å²) < 4.78 is 0. The number of carboxylic acids is 1. The van der Waals surface area contributed by atoms with Gasteiger partial charge in [0.2, 0.25) is 5.91 Å². The second-order valence-corrected chi connectivity index (χ2v) is 7.79. The number of unbranched alkanes of at least 4 members (excludes halogenated alkanes) is 1. The fourth-order valence-corrected chi connectivity index (χ4v) is 5.17. The molecule has 1 heterocycles. The van der Waals surface area contributed by atoms with Crippen LogP contribution in [0.25, 0.3) is 0 Å². The van der Waals surface area contributed by atoms with E-state index in [1.807, 2.05) is 21.6 Å². The fraction of sp³-hybridized carbons (Fsp3) is 0.467. The second-order valence-electron chi connectivity index (χ2n) is 5.01. The molecular formula is C15H19NO3S2. The summed E-state index contributed by atoms with van der Waals surface area (Å²) in [6, 6.07) is 6.22. The van der Waals surface area contributed by atoms with E-state index < -0.39 is 5.97 Å². The van der Waals surface area contributed by atoms with Crippen LogP contribution >= 0.6 is 21.6 Å². The summed E-state index contributed by atoms with van der Waals surface area (Å²) >= 11 is 0. The van der Waals surface area contributed by atoms with Gasteiger partial charge < -0.3 is 10.4 Å². The van der Waals surface area contributed by atoms with Gasteiger partial charge in [-0.15, -0.1) is 0 Å². The third kappa shape index (κ3) is 5.63. The molecular weight excluding hydrogens is 306 g/mol. The Kier molecular flexibility index (Phi) is 6.45. The van der Waals surface area contributed by atoms with Crippen LogP contribution in [-0.4, -0.2) is 28.0 Å². The van der Waals surface area contributed by atoms with Crippen molar-refractivity contribution in [2.75, 3.05) is 11.1 Å². The molecule has 1 saturated heterocycles. The predicted molar refractivity (Wildman–Crippen MR) is 89.0 cm³/mol. The van der Waals surface area contributed by atoms with Gasteiger partial charge in [0.25, 0.3) is 0 Å². The monoisotopic (exact) mass is 325 g/mol. The summed E-state index contributed by atoms with van der Waals surface area (Å²) in [5.74, 6) is 0.282. The molecule has 1 atom stereocenters. The lowest BCUT2D eigenvalue weighted by Gasteiger charge is -2.07. The molecule has 0 spiro atoms. The average molecular weight is 325 g/mol. The van der Waals surface area contributed by atoms with E-state index in [-0.39, 0.29) is 11.5 Å². The van der Waals surface area contributed by atoms with E-state index in [4.69, 9.17) is 5.11 Å². The Labute approximate surface area is 132 Å². The highest BCUT2D eigenvalue weighted by Gasteiger charge is 2.15. The molecule has 1 aliphatic rings. The van der Waals surface area contributed by atoms with E-state index in [0.717, 1.165) is 18.1 Å². The van der Waals surface area contributed by atoms with Crippen LogP contribution in [0.4, 0.5) is 5.69 Å². The summed E-state index contributed by atoms with van der Waals surface area (Å²) in [5, 5.41) is 12.4. The maximum absolute atomic E-state index is 11.8. The Hall–Kier alpha value is -1.14. The van der Waals surface area contributed by atoms with E-state index in [2.05, 4.69) is 5.32 Å². The molecule has 1 aromatic rings. The Morgan fingerprint density at radius 1 is 1.24 bits per heavy atom. The standard InChI is InChI=1S/C15H19NO3S2/c17-14(4-2-1-3-13-9-10-20-21-13)16-12-7-5-11(6-8-12)15(18)19/h5-8,13H,1-4,9-10H2,(H,16,17)(H,18,19). The highest BCUT2D eigenvalue weighted by atomic mass is 33.1. The van der Waals surface area contributed by atoms with Crippen LogP contribution in [-0.2, 0) is 4.79 Å². The zero-order valence-corrected chi connectivity index (χ0v) is 13.3. The van der Waals surface area contributed by atoms with Crippen LogP contribution in [0.1, 0.15) is 42.5 Å². The van der Waals surface area contributed by atoms with Crippen LogP contribution in [0.2, 0.25) is 0 Å². The summed E-state index contributed by atoms with van der Waals surface area (Å²) in [7, 11) is 3.92. The molecule has 2 N–H and O–H groups in total. The Bertz CT molecular complexity index is 484. The van der Waals surface area contributed by atoms with Crippen molar-refractivity contribution >= 4 is 39.2 Å². The number of carboxylic acid groups (broad SMARTS) is 1. The molecule has 1 aliphatic heterocycles. The zero-order chi connectivity index (χ0) is 15.1. The van der Waals surface area contributed by atoms with Crippen molar-refractivity contribution in [1.29, 1.82) is 0 Å². The van der Waals surface area contributed by atoms with Gasteiger partial charge in [0.05, 0.1) is 5.56 Å². The van der Waals surface area contributed by atoms with Gasteiger partial charge in [0.1, 0.15) is 0 Å². The molecule has 1 amide bonds. The summed E-state index contributed by atoms with van der Waals surface area (Å²) in [5.41, 5.74) is 0.868. The van der Waals surface area contributed by atoms with Gasteiger partial charge in [-0.3, -0.25) is 4.79 Å². The Balaban J connectivity index is 1.65. The van der Waals surface area contributed by atoms with Gasteiger partial charge in [-0.05, 0) is 43.5 Å². The van der Waals surface area contributed by atoms with E-state index in [9.17, 15) is 9.59 Å². The van der Waals surface area contributed by atoms with Crippen molar-refractivity contribution in [3.05, 3.63) is 29.8 Å². The summed E-state index contributed by atoms with van der Waals surface area (Å²) in [6.07, 6.45) is 4.99. The number of hydrogen-bond donors (Lipinski definition) is 2. The number of anilines is 1. The van der Waals surface area contributed by atoms with Gasteiger partial charge in [-0.1, -0.05) is 28.0 Å². The third-order valence-electron chi connectivity index (χ3n) is 3.32. The number of amides is 1. The van der Waals surface area contributed by atoms with E-state index in [1.165, 1.54) is 30.7 Å². The minimum atomic E-state index is -0.962. The second kappa shape index (κ2) is 8.34. The number of carbonyl (C=O) groups is 2. The summed E-state index contributed by atoms with van der Waals surface area (Å²) in [6.45, 7) is 0. The molecule has 0 aromatic heterocycles. The Morgan fingerprint density at radius 2 is 2.00 bits per heavy atom. The highest BCUT2D eigenvalue weighted by molar-refractivity contribution is 8.77. The number of rotatable bonds is 7. The third-order valence-corrected chi connectivity index (χ3v) is 6.33. The smallest absolute Gasteiger partial charge is 0.335 e. The maximum atomic E-state index is 11.8. The quantitative estimate of drug-likeness (QED) is 0.585. The molecule has 1 fully saturated rings. The van der Waals surface area contributed by atoms with Crippen molar-refractivity contribution < 1.29 is 14.7 Å². The lowest BCUT2D eigenvalue weighted by atomic mass is 10.1. The van der Waals surface area contributed by atoms with Gasteiger partial charge in [-0.25, -0.2) is 4.79 Å². The first-order valence-corrected chi connectivity index (χ1v) is 9.45. The first-order chi connectivity index (χ1) is 10.1. The van der Waals surface area contributed by atoms with E-state index in [1.54, 1.807) is 12.1 Å². The molecule has 0 aliphatic carbocycles. The number of hydrogen-bond acceptors (Lipinski definition) is 4. The first kappa shape index (κ1) is 16.2. The lowest BCUT2D eigenvalue weighted by molar-refractivity contribution is -0.116. The van der Waals surface area contributed by atoms with Crippen molar-refractivity contribution in [1.82, 2.24) is 0 Å². The van der Waals surface area contributed by atoms with E-state index >= 15 is 0 Å². The number of benzene rings is 1. The first-order valence-electron chi connectivity index (χ1n) is 7.06. The maximum Gasteiger partial charge on any atom is 0.335 e. The lowest BCUT2D eigenvalue weighted by Crippen LogP contribution is -2.11. The minimum Gasteiger partial charge on any atom is -0.478 e. The van der Waals surface area contributed by atoms with Crippen LogP contribution in [0.15, 0.2) is 24.3 Å². The minimum absolute atomic E-state index is 0.00785. The highest BCUT2D eigenvalue weighted by Crippen LogP contribution is 2.39. The summed E-state index contributed by atoms with van der Waals surface area (Å²) in [4.78, 5) is 22.5. The van der Waals surface area contributed by atoms with Gasteiger partial charge >= 0.3 is 5.97 Å². The van der Waals surface area contributed by atoms with Gasteiger partial charge in [0.15, 0.2) is 0 Å².